The molecule has 0 unspecified atom stereocenters. The zero-order chi connectivity index (χ0) is 15.9. The van der Waals surface area contributed by atoms with Crippen molar-refractivity contribution in [3.8, 4) is 11.8 Å². The van der Waals surface area contributed by atoms with Crippen molar-refractivity contribution in [2.75, 3.05) is 13.1 Å². The van der Waals surface area contributed by atoms with Crippen molar-refractivity contribution in [2.45, 2.75) is 25.7 Å². The minimum absolute atomic E-state index is 0. The minimum atomic E-state index is -0.309. The summed E-state index contributed by atoms with van der Waals surface area (Å²) in [7, 11) is 0. The zero-order valence-corrected chi connectivity index (χ0v) is 13.6. The monoisotopic (exact) mass is 336 g/mol. The number of benzene rings is 1. The van der Waals surface area contributed by atoms with Crippen LogP contribution < -0.4 is 10.5 Å². The minimum Gasteiger partial charge on any atom is -0.425 e. The van der Waals surface area contributed by atoms with Gasteiger partial charge in [0.2, 0.25) is 0 Å². The molecule has 0 amide bonds. The van der Waals surface area contributed by atoms with Gasteiger partial charge < -0.3 is 15.4 Å². The summed E-state index contributed by atoms with van der Waals surface area (Å²) in [6.07, 6.45) is 2.97. The number of para-hydroxylation sites is 1. The van der Waals surface area contributed by atoms with Crippen LogP contribution in [0.2, 0.25) is 0 Å². The average Bonchev–Trinajstić information content (AvgIpc) is 2.54. The number of rotatable bonds is 4. The van der Waals surface area contributed by atoms with E-state index in [1.807, 2.05) is 11.0 Å². The summed E-state index contributed by atoms with van der Waals surface area (Å²) in [6.45, 7) is 1.54. The van der Waals surface area contributed by atoms with Crippen LogP contribution >= 0.6 is 12.4 Å². The molecule has 3 N–H and O–H groups in total. The van der Waals surface area contributed by atoms with Crippen molar-refractivity contribution >= 4 is 24.3 Å². The Kier molecular flexibility index (Phi) is 7.36. The molecule has 1 aromatic rings. The Bertz CT molecular complexity index is 592. The number of nitrogens with two attached hydrogens (primary N) is 1. The molecule has 6 nitrogen and oxygen atoms in total. The standard InChI is InChI=1S/C16H20N4O2.ClH/c17-11-13-3-1-2-4-14(13)22-15(21)6-5-12-7-9-20(10-8-12)16(18)19;/h1-4,12H,5-10H2,(H3,18,19);1H. The van der Waals surface area contributed by atoms with Gasteiger partial charge >= 0.3 is 5.97 Å². The van der Waals surface area contributed by atoms with Gasteiger partial charge in [0.1, 0.15) is 11.8 Å². The number of guanidine groups is 1. The molecule has 0 atom stereocenters. The lowest BCUT2D eigenvalue weighted by atomic mass is 9.92. The topological polar surface area (TPSA) is 103 Å². The molecule has 1 aliphatic rings. The number of piperidine rings is 1. The van der Waals surface area contributed by atoms with Gasteiger partial charge in [0.05, 0.1) is 5.56 Å². The van der Waals surface area contributed by atoms with E-state index in [2.05, 4.69) is 0 Å². The van der Waals surface area contributed by atoms with Crippen LogP contribution in [0.1, 0.15) is 31.2 Å². The van der Waals surface area contributed by atoms with Crippen molar-refractivity contribution in [3.05, 3.63) is 29.8 Å². The maximum atomic E-state index is 11.9. The van der Waals surface area contributed by atoms with Crippen LogP contribution in [0.15, 0.2) is 24.3 Å². The number of hydrogen-bond acceptors (Lipinski definition) is 4. The third-order valence-corrected chi connectivity index (χ3v) is 3.94. The fourth-order valence-electron chi connectivity index (χ4n) is 2.61. The lowest BCUT2D eigenvalue weighted by molar-refractivity contribution is -0.134. The SMILES string of the molecule is Cl.N#Cc1ccccc1OC(=O)CCC1CCN(C(=N)N)CC1. The molecule has 1 aromatic carbocycles. The first kappa shape index (κ1) is 18.8. The van der Waals surface area contributed by atoms with E-state index >= 15 is 0 Å². The van der Waals surface area contributed by atoms with Crippen LogP contribution in [0.25, 0.3) is 0 Å². The third kappa shape index (κ3) is 5.46. The highest BCUT2D eigenvalue weighted by molar-refractivity contribution is 5.85. The second-order valence-corrected chi connectivity index (χ2v) is 5.44. The van der Waals surface area contributed by atoms with Crippen LogP contribution in [0.5, 0.6) is 5.75 Å². The molecule has 1 aliphatic heterocycles. The molecule has 1 heterocycles. The van der Waals surface area contributed by atoms with Gasteiger partial charge in [-0.2, -0.15) is 5.26 Å². The molecular formula is C16H21ClN4O2. The Morgan fingerprint density at radius 3 is 2.65 bits per heavy atom. The van der Waals surface area contributed by atoms with E-state index in [1.54, 1.807) is 24.3 Å². The number of carbonyl (C=O) groups excluding carboxylic acids is 1. The van der Waals surface area contributed by atoms with E-state index in [-0.39, 0.29) is 24.3 Å². The maximum Gasteiger partial charge on any atom is 0.311 e. The average molecular weight is 337 g/mol. The van der Waals surface area contributed by atoms with Gasteiger partial charge in [-0.3, -0.25) is 10.2 Å². The van der Waals surface area contributed by atoms with E-state index in [0.29, 0.717) is 23.7 Å². The summed E-state index contributed by atoms with van der Waals surface area (Å²) in [4.78, 5) is 13.7. The summed E-state index contributed by atoms with van der Waals surface area (Å²) < 4.78 is 5.26. The molecule has 1 fully saturated rings. The maximum absolute atomic E-state index is 11.9. The predicted octanol–water partition coefficient (Wildman–Crippen LogP) is 2.27. The first-order valence-electron chi connectivity index (χ1n) is 7.39. The number of likely N-dealkylation sites (tertiary alicyclic amines) is 1. The van der Waals surface area contributed by atoms with Gasteiger partial charge in [0, 0.05) is 19.5 Å². The van der Waals surface area contributed by atoms with Gasteiger partial charge in [0.15, 0.2) is 5.96 Å². The normalized spacial score (nSPS) is 14.5. The van der Waals surface area contributed by atoms with E-state index in [4.69, 9.17) is 21.1 Å². The van der Waals surface area contributed by atoms with Crippen molar-refractivity contribution in [1.82, 2.24) is 4.90 Å². The van der Waals surface area contributed by atoms with Crippen LogP contribution in [0, 0.1) is 22.7 Å². The molecule has 124 valence electrons. The van der Waals surface area contributed by atoms with Crippen LogP contribution in [-0.2, 0) is 4.79 Å². The number of esters is 1. The van der Waals surface area contributed by atoms with Crippen molar-refractivity contribution in [2.24, 2.45) is 11.7 Å². The fraction of sp³-hybridized carbons (Fsp3) is 0.438. The van der Waals surface area contributed by atoms with Gasteiger partial charge in [-0.25, -0.2) is 0 Å². The zero-order valence-electron chi connectivity index (χ0n) is 12.8. The molecule has 23 heavy (non-hydrogen) atoms. The quantitative estimate of drug-likeness (QED) is 0.380. The predicted molar refractivity (Wildman–Crippen MR) is 89.5 cm³/mol. The van der Waals surface area contributed by atoms with Crippen LogP contribution in [-0.4, -0.2) is 29.9 Å². The summed E-state index contributed by atoms with van der Waals surface area (Å²) in [5, 5.41) is 16.4. The van der Waals surface area contributed by atoms with Crippen molar-refractivity contribution in [1.29, 1.82) is 10.7 Å². The lowest BCUT2D eigenvalue weighted by Gasteiger charge is -2.31. The number of nitrogens with zero attached hydrogens (tertiary/aromatic N) is 2. The van der Waals surface area contributed by atoms with Gasteiger partial charge in [0.25, 0.3) is 0 Å². The Morgan fingerprint density at radius 2 is 2.04 bits per heavy atom. The highest BCUT2D eigenvalue weighted by Crippen LogP contribution is 2.23. The lowest BCUT2D eigenvalue weighted by Crippen LogP contribution is -2.42. The van der Waals surface area contributed by atoms with Crippen molar-refractivity contribution in [3.63, 3.8) is 0 Å². The Labute approximate surface area is 142 Å². The molecule has 0 aromatic heterocycles. The molecule has 2 rings (SSSR count). The van der Waals surface area contributed by atoms with Gasteiger partial charge in [-0.15, -0.1) is 12.4 Å². The molecule has 7 heteroatoms. The van der Waals surface area contributed by atoms with Crippen molar-refractivity contribution < 1.29 is 9.53 Å². The largest absolute Gasteiger partial charge is 0.425 e. The first-order chi connectivity index (χ1) is 10.6. The molecule has 1 saturated heterocycles. The number of nitrogens with one attached hydrogen (secondary N) is 1. The Balaban J connectivity index is 0.00000264. The number of carbonyl (C=O) groups is 1. The molecule has 0 radical (unpaired) electrons. The summed E-state index contributed by atoms with van der Waals surface area (Å²) in [6, 6.07) is 8.73. The molecular weight excluding hydrogens is 316 g/mol. The van der Waals surface area contributed by atoms with Gasteiger partial charge in [-0.05, 0) is 37.3 Å². The highest BCUT2D eigenvalue weighted by atomic mass is 35.5. The van der Waals surface area contributed by atoms with E-state index in [9.17, 15) is 4.79 Å². The number of hydrogen-bond donors (Lipinski definition) is 2. The summed E-state index contributed by atoms with van der Waals surface area (Å²) in [5.74, 6) is 0.582. The summed E-state index contributed by atoms with van der Waals surface area (Å²) >= 11 is 0. The van der Waals surface area contributed by atoms with E-state index < -0.39 is 0 Å². The van der Waals surface area contributed by atoms with Gasteiger partial charge in [-0.1, -0.05) is 12.1 Å². The Hall–Kier alpha value is -2.26. The Morgan fingerprint density at radius 1 is 1.39 bits per heavy atom. The number of nitriles is 1. The van der Waals surface area contributed by atoms with Crippen LogP contribution in [0.3, 0.4) is 0 Å². The molecule has 0 bridgehead atoms. The third-order valence-electron chi connectivity index (χ3n) is 3.94. The number of ether oxygens (including phenoxy) is 1. The smallest absolute Gasteiger partial charge is 0.311 e. The second kappa shape index (κ2) is 9.01. The highest BCUT2D eigenvalue weighted by Gasteiger charge is 2.21. The first-order valence-corrected chi connectivity index (χ1v) is 7.39. The van der Waals surface area contributed by atoms with E-state index in [0.717, 1.165) is 32.4 Å². The van der Waals surface area contributed by atoms with E-state index in [1.165, 1.54) is 0 Å². The summed E-state index contributed by atoms with van der Waals surface area (Å²) in [5.41, 5.74) is 5.82. The second-order valence-electron chi connectivity index (χ2n) is 5.44. The number of halogens is 1. The van der Waals surface area contributed by atoms with Crippen LogP contribution in [0.4, 0.5) is 0 Å². The molecule has 0 saturated carbocycles. The molecule has 0 aliphatic carbocycles. The molecule has 0 spiro atoms. The fourth-order valence-corrected chi connectivity index (χ4v) is 2.61.